The lowest BCUT2D eigenvalue weighted by molar-refractivity contribution is 0.0596. The fourth-order valence-electron chi connectivity index (χ4n) is 2.77. The van der Waals surface area contributed by atoms with Crippen molar-refractivity contribution in [3.05, 3.63) is 52.3 Å². The lowest BCUT2D eigenvalue weighted by Crippen LogP contribution is -2.24. The van der Waals surface area contributed by atoms with Crippen molar-refractivity contribution in [3.8, 4) is 0 Å². The third-order valence-corrected chi connectivity index (χ3v) is 3.95. The molecule has 7 heteroatoms. The maximum atomic E-state index is 12.5. The average molecular weight is 350 g/mol. The van der Waals surface area contributed by atoms with Crippen LogP contribution in [-0.2, 0) is 17.7 Å². The first-order valence-electron chi connectivity index (χ1n) is 7.50. The van der Waals surface area contributed by atoms with E-state index >= 15 is 0 Å². The molecule has 2 aromatic rings. The molecule has 0 unspecified atom stereocenters. The number of nitrogens with one attached hydrogen (secondary N) is 3. The molecule has 24 heavy (non-hydrogen) atoms. The van der Waals surface area contributed by atoms with Crippen LogP contribution in [0, 0.1) is 6.92 Å². The van der Waals surface area contributed by atoms with Crippen LogP contribution in [0.5, 0.6) is 0 Å². The Labute approximate surface area is 146 Å². The fourth-order valence-corrected chi connectivity index (χ4v) is 2.77. The highest BCUT2D eigenvalue weighted by molar-refractivity contribution is 6.07. The van der Waals surface area contributed by atoms with Gasteiger partial charge < -0.3 is 20.4 Å². The number of hydrogen-bond acceptors (Lipinski definition) is 4. The SMILES string of the molecule is COC(=O)c1[nH]c(C)cc1NC(=O)c1ccc2c(c1)CNCC2.Cl. The second-order valence-electron chi connectivity index (χ2n) is 5.60. The van der Waals surface area contributed by atoms with E-state index < -0.39 is 5.97 Å². The van der Waals surface area contributed by atoms with Gasteiger partial charge in [-0.25, -0.2) is 4.79 Å². The van der Waals surface area contributed by atoms with Crippen LogP contribution < -0.4 is 10.6 Å². The predicted molar refractivity (Wildman–Crippen MR) is 93.9 cm³/mol. The summed E-state index contributed by atoms with van der Waals surface area (Å²) in [6, 6.07) is 7.42. The highest BCUT2D eigenvalue weighted by Gasteiger charge is 2.18. The zero-order valence-electron chi connectivity index (χ0n) is 13.6. The van der Waals surface area contributed by atoms with Gasteiger partial charge in [0.25, 0.3) is 5.91 Å². The second-order valence-corrected chi connectivity index (χ2v) is 5.60. The van der Waals surface area contributed by atoms with Gasteiger partial charge in [-0.1, -0.05) is 6.07 Å². The third kappa shape index (κ3) is 3.60. The summed E-state index contributed by atoms with van der Waals surface area (Å²) in [4.78, 5) is 27.1. The van der Waals surface area contributed by atoms with Crippen molar-refractivity contribution in [2.24, 2.45) is 0 Å². The number of carbonyl (C=O) groups excluding carboxylic acids is 2. The lowest BCUT2D eigenvalue weighted by Gasteiger charge is -2.17. The van der Waals surface area contributed by atoms with E-state index in [4.69, 9.17) is 4.74 Å². The minimum atomic E-state index is -0.511. The van der Waals surface area contributed by atoms with Crippen molar-refractivity contribution in [3.63, 3.8) is 0 Å². The molecule has 6 nitrogen and oxygen atoms in total. The van der Waals surface area contributed by atoms with Crippen LogP contribution in [0.4, 0.5) is 5.69 Å². The molecule has 0 spiro atoms. The zero-order valence-corrected chi connectivity index (χ0v) is 14.4. The number of esters is 1. The van der Waals surface area contributed by atoms with Crippen molar-refractivity contribution in [1.29, 1.82) is 0 Å². The summed E-state index contributed by atoms with van der Waals surface area (Å²) in [5.74, 6) is -0.759. The van der Waals surface area contributed by atoms with Crippen LogP contribution in [0.2, 0.25) is 0 Å². The average Bonchev–Trinajstić information content (AvgIpc) is 2.94. The Balaban J connectivity index is 0.00000208. The molecule has 3 rings (SSSR count). The van der Waals surface area contributed by atoms with E-state index in [1.807, 2.05) is 25.1 Å². The topological polar surface area (TPSA) is 83.2 Å². The van der Waals surface area contributed by atoms with Crippen molar-refractivity contribution >= 4 is 30.0 Å². The smallest absolute Gasteiger partial charge is 0.356 e. The van der Waals surface area contributed by atoms with E-state index in [-0.39, 0.29) is 24.0 Å². The van der Waals surface area contributed by atoms with Gasteiger partial charge in [0.1, 0.15) is 5.69 Å². The molecule has 2 heterocycles. The van der Waals surface area contributed by atoms with Crippen molar-refractivity contribution in [2.45, 2.75) is 19.9 Å². The lowest BCUT2D eigenvalue weighted by atomic mass is 9.98. The molecule has 1 amide bonds. The third-order valence-electron chi connectivity index (χ3n) is 3.95. The van der Waals surface area contributed by atoms with Crippen LogP contribution in [0.1, 0.15) is 37.7 Å². The summed E-state index contributed by atoms with van der Waals surface area (Å²) in [6.45, 7) is 3.55. The molecule has 0 atom stereocenters. The Morgan fingerprint density at radius 1 is 1.21 bits per heavy atom. The molecule has 1 aliphatic heterocycles. The number of amides is 1. The van der Waals surface area contributed by atoms with Gasteiger partial charge in [-0.15, -0.1) is 12.4 Å². The molecule has 0 radical (unpaired) electrons. The van der Waals surface area contributed by atoms with E-state index in [9.17, 15) is 9.59 Å². The van der Waals surface area contributed by atoms with Crippen LogP contribution in [0.3, 0.4) is 0 Å². The molecule has 0 aliphatic carbocycles. The van der Waals surface area contributed by atoms with E-state index in [1.165, 1.54) is 12.7 Å². The number of halogens is 1. The monoisotopic (exact) mass is 349 g/mol. The Bertz CT molecular complexity index is 770. The second kappa shape index (κ2) is 7.51. The summed E-state index contributed by atoms with van der Waals surface area (Å²) >= 11 is 0. The molecule has 0 saturated carbocycles. The highest BCUT2D eigenvalue weighted by Crippen LogP contribution is 2.20. The van der Waals surface area contributed by atoms with E-state index in [0.717, 1.165) is 30.8 Å². The highest BCUT2D eigenvalue weighted by atomic mass is 35.5. The van der Waals surface area contributed by atoms with Crippen molar-refractivity contribution < 1.29 is 14.3 Å². The molecular formula is C17H20ClN3O3. The maximum Gasteiger partial charge on any atom is 0.356 e. The Kier molecular flexibility index (Phi) is 5.64. The van der Waals surface area contributed by atoms with Crippen molar-refractivity contribution in [2.75, 3.05) is 19.0 Å². The number of fused-ring (bicyclic) bond motifs is 1. The zero-order chi connectivity index (χ0) is 16.4. The van der Waals surface area contributed by atoms with Gasteiger partial charge >= 0.3 is 5.97 Å². The minimum Gasteiger partial charge on any atom is -0.464 e. The number of aryl methyl sites for hydroxylation is 1. The van der Waals surface area contributed by atoms with Gasteiger partial charge in [0.15, 0.2) is 0 Å². The van der Waals surface area contributed by atoms with Gasteiger partial charge in [-0.05, 0) is 49.2 Å². The largest absolute Gasteiger partial charge is 0.464 e. The van der Waals surface area contributed by atoms with Gasteiger partial charge in [-0.2, -0.15) is 0 Å². The summed E-state index contributed by atoms with van der Waals surface area (Å²) in [5, 5.41) is 6.07. The number of aromatic nitrogens is 1. The number of methoxy groups -OCH3 is 1. The molecule has 0 bridgehead atoms. The van der Waals surface area contributed by atoms with Gasteiger partial charge in [0.05, 0.1) is 12.8 Å². The van der Waals surface area contributed by atoms with E-state index in [1.54, 1.807) is 6.07 Å². The van der Waals surface area contributed by atoms with Crippen LogP contribution in [0.15, 0.2) is 24.3 Å². The van der Waals surface area contributed by atoms with Crippen LogP contribution in [0.25, 0.3) is 0 Å². The Morgan fingerprint density at radius 2 is 2.00 bits per heavy atom. The molecule has 3 N–H and O–H groups in total. The minimum absolute atomic E-state index is 0. The van der Waals surface area contributed by atoms with E-state index in [2.05, 4.69) is 15.6 Å². The molecule has 0 saturated heterocycles. The van der Waals surface area contributed by atoms with Gasteiger partial charge in [0, 0.05) is 17.8 Å². The fraction of sp³-hybridized carbons (Fsp3) is 0.294. The number of benzene rings is 1. The summed E-state index contributed by atoms with van der Waals surface area (Å²) < 4.78 is 4.72. The Hall–Kier alpha value is -2.31. The first-order chi connectivity index (χ1) is 11.1. The number of rotatable bonds is 3. The van der Waals surface area contributed by atoms with Crippen LogP contribution in [-0.4, -0.2) is 30.5 Å². The molecular weight excluding hydrogens is 330 g/mol. The summed E-state index contributed by atoms with van der Waals surface area (Å²) in [5.41, 5.74) is 4.43. The molecule has 128 valence electrons. The number of carbonyl (C=O) groups is 2. The standard InChI is InChI=1S/C17H19N3O3.ClH/c1-10-7-14(15(19-10)17(22)23-2)20-16(21)12-4-3-11-5-6-18-9-13(11)8-12;/h3-4,7-8,18-19H,5-6,9H2,1-2H3,(H,20,21);1H. The molecule has 1 aromatic heterocycles. The number of anilines is 1. The number of ether oxygens (including phenoxy) is 1. The molecule has 1 aliphatic rings. The number of hydrogen-bond donors (Lipinski definition) is 3. The predicted octanol–water partition coefficient (Wildman–Crippen LogP) is 2.43. The summed E-state index contributed by atoms with van der Waals surface area (Å²) in [7, 11) is 1.31. The first kappa shape index (κ1) is 18.0. The van der Waals surface area contributed by atoms with Crippen LogP contribution >= 0.6 is 12.4 Å². The molecule has 0 fully saturated rings. The number of aromatic amines is 1. The number of H-pyrrole nitrogens is 1. The quantitative estimate of drug-likeness (QED) is 0.743. The van der Waals surface area contributed by atoms with Crippen molar-refractivity contribution in [1.82, 2.24) is 10.3 Å². The van der Waals surface area contributed by atoms with Gasteiger partial charge in [-0.3, -0.25) is 4.79 Å². The Morgan fingerprint density at radius 3 is 2.75 bits per heavy atom. The summed E-state index contributed by atoms with van der Waals surface area (Å²) in [6.07, 6.45) is 0.973. The maximum absolute atomic E-state index is 12.5. The first-order valence-corrected chi connectivity index (χ1v) is 7.50. The molecule has 1 aromatic carbocycles. The normalized spacial score (nSPS) is 12.8. The van der Waals surface area contributed by atoms with E-state index in [0.29, 0.717) is 11.3 Å². The van der Waals surface area contributed by atoms with Gasteiger partial charge in [0.2, 0.25) is 0 Å².